The molecule has 0 bridgehead atoms. The van der Waals surface area contributed by atoms with Gasteiger partial charge in [0.2, 0.25) is 0 Å². The zero-order valence-corrected chi connectivity index (χ0v) is 20.3. The lowest BCUT2D eigenvalue weighted by Crippen LogP contribution is -2.55. The highest BCUT2D eigenvalue weighted by molar-refractivity contribution is 6.33. The first kappa shape index (κ1) is 23.6. The fourth-order valence-electron chi connectivity index (χ4n) is 4.89. The lowest BCUT2D eigenvalue weighted by Gasteiger charge is -2.38. The molecule has 3 N–H and O–H groups in total. The maximum absolute atomic E-state index is 13.1. The van der Waals surface area contributed by atoms with Crippen LogP contribution in [0.25, 0.3) is 10.8 Å². The number of hydrogen-bond donors (Lipinski definition) is 2. The van der Waals surface area contributed by atoms with E-state index in [2.05, 4.69) is 15.3 Å². The van der Waals surface area contributed by atoms with Crippen molar-refractivity contribution in [2.24, 2.45) is 0 Å². The molecule has 0 saturated carbocycles. The SMILES string of the molecule is CO[C@@H]1CN(CCn2ncc3ccccc3c2=O)CC[C@@H]1NC(=O)c1cc(Cl)c(N)c2c1OCC2. The number of nitrogen functional groups attached to an aromatic ring is 1. The Morgan fingerprint density at radius 1 is 1.34 bits per heavy atom. The molecule has 5 rings (SSSR count). The maximum atomic E-state index is 13.1. The van der Waals surface area contributed by atoms with Crippen LogP contribution in [0, 0.1) is 0 Å². The molecule has 0 spiro atoms. The Hall–Kier alpha value is -3.14. The molecule has 9 nitrogen and oxygen atoms in total. The van der Waals surface area contributed by atoms with E-state index in [0.29, 0.717) is 66.5 Å². The third kappa shape index (κ3) is 4.59. The number of nitrogens with one attached hydrogen (secondary N) is 1. The summed E-state index contributed by atoms with van der Waals surface area (Å²) in [5.41, 5.74) is 7.63. The highest BCUT2D eigenvalue weighted by Crippen LogP contribution is 2.38. The van der Waals surface area contributed by atoms with Crippen LogP contribution in [0.5, 0.6) is 5.75 Å². The number of carbonyl (C=O) groups excluding carboxylic acids is 1. The summed E-state index contributed by atoms with van der Waals surface area (Å²) in [6.07, 6.45) is 2.86. The second kappa shape index (κ2) is 9.85. The van der Waals surface area contributed by atoms with Crippen LogP contribution in [0.2, 0.25) is 5.02 Å². The monoisotopic (exact) mass is 497 g/mol. The Morgan fingerprint density at radius 2 is 2.17 bits per heavy atom. The van der Waals surface area contributed by atoms with E-state index in [0.717, 1.165) is 17.5 Å². The van der Waals surface area contributed by atoms with Gasteiger partial charge in [-0.15, -0.1) is 0 Å². The summed E-state index contributed by atoms with van der Waals surface area (Å²) in [5, 5.41) is 9.27. The van der Waals surface area contributed by atoms with Gasteiger partial charge in [0.25, 0.3) is 11.5 Å². The normalized spacial score (nSPS) is 19.9. The average Bonchev–Trinajstić information content (AvgIpc) is 3.37. The van der Waals surface area contributed by atoms with E-state index in [1.807, 2.05) is 24.3 Å². The molecular weight excluding hydrogens is 470 g/mol. The Kier molecular flexibility index (Phi) is 6.64. The van der Waals surface area contributed by atoms with Crippen molar-refractivity contribution in [1.29, 1.82) is 0 Å². The van der Waals surface area contributed by atoms with Gasteiger partial charge >= 0.3 is 0 Å². The molecule has 1 aromatic heterocycles. The summed E-state index contributed by atoms with van der Waals surface area (Å²) in [4.78, 5) is 28.1. The number of ether oxygens (including phenoxy) is 2. The molecule has 0 radical (unpaired) electrons. The number of halogens is 1. The summed E-state index contributed by atoms with van der Waals surface area (Å²) >= 11 is 6.27. The number of carbonyl (C=O) groups is 1. The minimum Gasteiger partial charge on any atom is -0.492 e. The second-order valence-corrected chi connectivity index (χ2v) is 9.34. The lowest BCUT2D eigenvalue weighted by atomic mass is 10.00. The van der Waals surface area contributed by atoms with E-state index >= 15 is 0 Å². The number of anilines is 1. The quantitative estimate of drug-likeness (QED) is 0.501. The van der Waals surface area contributed by atoms with Crippen molar-refractivity contribution in [2.75, 3.05) is 39.1 Å². The van der Waals surface area contributed by atoms with Crippen LogP contribution in [0.3, 0.4) is 0 Å². The van der Waals surface area contributed by atoms with Gasteiger partial charge in [0.05, 0.1) is 53.2 Å². The van der Waals surface area contributed by atoms with Gasteiger partial charge in [0.15, 0.2) is 0 Å². The van der Waals surface area contributed by atoms with Crippen molar-refractivity contribution < 1.29 is 14.3 Å². The summed E-state index contributed by atoms with van der Waals surface area (Å²) in [6, 6.07) is 8.86. The van der Waals surface area contributed by atoms with Crippen LogP contribution in [0.4, 0.5) is 5.69 Å². The van der Waals surface area contributed by atoms with Crippen LogP contribution >= 0.6 is 11.6 Å². The summed E-state index contributed by atoms with van der Waals surface area (Å²) < 4.78 is 12.9. The minimum atomic E-state index is -0.252. The molecule has 0 aliphatic carbocycles. The van der Waals surface area contributed by atoms with Gasteiger partial charge in [0.1, 0.15) is 5.75 Å². The van der Waals surface area contributed by atoms with E-state index in [1.54, 1.807) is 19.4 Å². The van der Waals surface area contributed by atoms with Crippen molar-refractivity contribution in [3.63, 3.8) is 0 Å². The van der Waals surface area contributed by atoms with E-state index in [9.17, 15) is 9.59 Å². The van der Waals surface area contributed by atoms with Gasteiger partial charge in [-0.25, -0.2) is 4.68 Å². The van der Waals surface area contributed by atoms with E-state index < -0.39 is 0 Å². The Balaban J connectivity index is 1.23. The first-order chi connectivity index (χ1) is 17.0. The number of hydrogen-bond acceptors (Lipinski definition) is 7. The van der Waals surface area contributed by atoms with Gasteiger partial charge in [0, 0.05) is 44.1 Å². The number of benzene rings is 2. The molecular formula is C25H28ClN5O4. The van der Waals surface area contributed by atoms with Crippen molar-refractivity contribution in [3.8, 4) is 5.75 Å². The molecule has 1 saturated heterocycles. The first-order valence-corrected chi connectivity index (χ1v) is 12.1. The number of piperidine rings is 1. The molecule has 0 unspecified atom stereocenters. The standard InChI is InChI=1S/C25H28ClN5O4/c1-34-21-14-30(9-10-31-25(33)16-5-3-2-4-15(16)13-28-31)8-6-20(21)29-24(32)18-12-19(26)22(27)17-7-11-35-23(17)18/h2-5,12-13,20-21H,6-11,14,27H2,1H3,(H,29,32)/t20-,21+/m0/s1. The Labute approximate surface area is 207 Å². The molecule has 1 amide bonds. The van der Waals surface area contributed by atoms with E-state index in [1.165, 1.54) is 4.68 Å². The summed E-state index contributed by atoms with van der Waals surface area (Å²) in [5.74, 6) is 0.265. The fourth-order valence-corrected chi connectivity index (χ4v) is 5.12. The van der Waals surface area contributed by atoms with Crippen LogP contribution in [-0.4, -0.2) is 66.1 Å². The van der Waals surface area contributed by atoms with Gasteiger partial charge < -0.3 is 20.5 Å². The molecule has 2 aliphatic rings. The van der Waals surface area contributed by atoms with Gasteiger partial charge in [-0.3, -0.25) is 14.5 Å². The summed E-state index contributed by atoms with van der Waals surface area (Å²) in [6.45, 7) is 2.99. The van der Waals surface area contributed by atoms with Crippen LogP contribution < -0.4 is 21.3 Å². The molecule has 3 heterocycles. The number of aromatic nitrogens is 2. The number of methoxy groups -OCH3 is 1. The Bertz CT molecular complexity index is 1330. The number of nitrogens with zero attached hydrogens (tertiary/aromatic N) is 3. The van der Waals surface area contributed by atoms with Crippen molar-refractivity contribution in [1.82, 2.24) is 20.0 Å². The zero-order chi connectivity index (χ0) is 24.5. The fraction of sp³-hybridized carbons (Fsp3) is 0.400. The molecule has 2 aromatic carbocycles. The molecule has 10 heteroatoms. The molecule has 1 fully saturated rings. The number of rotatable bonds is 6. The second-order valence-electron chi connectivity index (χ2n) is 8.93. The van der Waals surface area contributed by atoms with Gasteiger partial charge in [-0.1, -0.05) is 29.8 Å². The van der Waals surface area contributed by atoms with Crippen molar-refractivity contribution in [3.05, 3.63) is 63.0 Å². The average molecular weight is 498 g/mol. The minimum absolute atomic E-state index is 0.0922. The predicted octanol–water partition coefficient (Wildman–Crippen LogP) is 2.09. The smallest absolute Gasteiger partial charge is 0.274 e. The van der Waals surface area contributed by atoms with Crippen LogP contribution in [0.1, 0.15) is 22.3 Å². The lowest BCUT2D eigenvalue weighted by molar-refractivity contribution is 0.00518. The van der Waals surface area contributed by atoms with E-state index in [4.69, 9.17) is 26.8 Å². The zero-order valence-electron chi connectivity index (χ0n) is 19.5. The first-order valence-electron chi connectivity index (χ1n) is 11.7. The number of likely N-dealkylation sites (tertiary alicyclic amines) is 1. The highest BCUT2D eigenvalue weighted by atomic mass is 35.5. The molecule has 35 heavy (non-hydrogen) atoms. The third-order valence-corrected chi connectivity index (χ3v) is 7.18. The van der Waals surface area contributed by atoms with Crippen LogP contribution in [0.15, 0.2) is 41.3 Å². The maximum Gasteiger partial charge on any atom is 0.274 e. The van der Waals surface area contributed by atoms with E-state index in [-0.39, 0.29) is 23.6 Å². The predicted molar refractivity (Wildman–Crippen MR) is 134 cm³/mol. The van der Waals surface area contributed by atoms with Crippen molar-refractivity contribution in [2.45, 2.75) is 31.5 Å². The number of fused-ring (bicyclic) bond motifs is 2. The number of nitrogens with two attached hydrogens (primary N) is 1. The molecule has 3 aromatic rings. The van der Waals surface area contributed by atoms with Crippen molar-refractivity contribution >= 4 is 34.0 Å². The van der Waals surface area contributed by atoms with Gasteiger partial charge in [-0.05, 0) is 18.6 Å². The van der Waals surface area contributed by atoms with Crippen LogP contribution in [-0.2, 0) is 17.7 Å². The molecule has 2 atom stereocenters. The summed E-state index contributed by atoms with van der Waals surface area (Å²) in [7, 11) is 1.64. The number of amides is 1. The Morgan fingerprint density at radius 3 is 3.00 bits per heavy atom. The molecule has 184 valence electrons. The van der Waals surface area contributed by atoms with Gasteiger partial charge in [-0.2, -0.15) is 5.10 Å². The highest BCUT2D eigenvalue weighted by Gasteiger charge is 2.32. The third-order valence-electron chi connectivity index (χ3n) is 6.87. The largest absolute Gasteiger partial charge is 0.492 e. The topological polar surface area (TPSA) is 112 Å². The molecule has 2 aliphatic heterocycles.